The zero-order chi connectivity index (χ0) is 21.8. The van der Waals surface area contributed by atoms with Crippen molar-refractivity contribution in [3.8, 4) is 0 Å². The van der Waals surface area contributed by atoms with Crippen LogP contribution < -0.4 is 5.73 Å². The van der Waals surface area contributed by atoms with Crippen LogP contribution in [0.5, 0.6) is 0 Å². The van der Waals surface area contributed by atoms with Gasteiger partial charge in [0.15, 0.2) is 0 Å². The number of amides is 1. The van der Waals surface area contributed by atoms with E-state index in [0.717, 1.165) is 56.4 Å². The second-order valence-corrected chi connectivity index (χ2v) is 8.95. The average molecular weight is 421 g/mol. The number of hydrogen-bond acceptors (Lipinski definition) is 4. The first kappa shape index (κ1) is 21.8. The predicted octanol–water partition coefficient (Wildman–Crippen LogP) is 3.87. The largest absolute Gasteiger partial charge is 0.399 e. The fraction of sp³-hybridized carbons (Fsp3) is 0.500. The molecule has 4 rings (SSSR count). The molecular formula is C26H36N4O. The van der Waals surface area contributed by atoms with Crippen LogP contribution in [0.3, 0.4) is 0 Å². The summed E-state index contributed by atoms with van der Waals surface area (Å²) >= 11 is 0. The molecule has 0 bridgehead atoms. The normalized spacial score (nSPS) is 18.6. The van der Waals surface area contributed by atoms with Gasteiger partial charge < -0.3 is 15.5 Å². The molecule has 1 saturated carbocycles. The van der Waals surface area contributed by atoms with Crippen LogP contribution in [-0.2, 0) is 0 Å². The lowest BCUT2D eigenvalue weighted by atomic mass is 9.95. The topological polar surface area (TPSA) is 52.8 Å². The molecule has 2 aromatic rings. The van der Waals surface area contributed by atoms with Crippen molar-refractivity contribution in [1.82, 2.24) is 14.7 Å². The molecule has 1 saturated heterocycles. The third kappa shape index (κ3) is 5.28. The molecule has 1 amide bonds. The van der Waals surface area contributed by atoms with Gasteiger partial charge in [0, 0.05) is 57.1 Å². The minimum atomic E-state index is 0.103. The number of carbonyl (C=O) groups is 1. The number of rotatable bonds is 8. The van der Waals surface area contributed by atoms with Crippen molar-refractivity contribution in [3.63, 3.8) is 0 Å². The van der Waals surface area contributed by atoms with Crippen molar-refractivity contribution in [2.75, 3.05) is 51.5 Å². The zero-order valence-corrected chi connectivity index (χ0v) is 19.0. The second-order valence-electron chi connectivity index (χ2n) is 8.95. The van der Waals surface area contributed by atoms with Crippen molar-refractivity contribution in [3.05, 3.63) is 65.2 Å². The van der Waals surface area contributed by atoms with Crippen LogP contribution in [0.1, 0.15) is 54.2 Å². The number of anilines is 1. The number of nitrogens with two attached hydrogens (primary N) is 1. The molecule has 1 heterocycles. The van der Waals surface area contributed by atoms with Crippen LogP contribution in [0.4, 0.5) is 5.69 Å². The number of piperazine rings is 1. The lowest BCUT2D eigenvalue weighted by molar-refractivity contribution is 0.0773. The van der Waals surface area contributed by atoms with Crippen molar-refractivity contribution in [1.29, 1.82) is 0 Å². The van der Waals surface area contributed by atoms with Crippen LogP contribution in [0.2, 0.25) is 0 Å². The van der Waals surface area contributed by atoms with Gasteiger partial charge in [-0.3, -0.25) is 9.69 Å². The van der Waals surface area contributed by atoms with Crippen LogP contribution in [0.15, 0.2) is 48.5 Å². The summed E-state index contributed by atoms with van der Waals surface area (Å²) in [6.45, 7) is 11.1. The minimum Gasteiger partial charge on any atom is -0.399 e. The van der Waals surface area contributed by atoms with Gasteiger partial charge in [-0.05, 0) is 68.0 Å². The lowest BCUT2D eigenvalue weighted by Gasteiger charge is -2.40. The molecule has 1 atom stereocenters. The van der Waals surface area contributed by atoms with Gasteiger partial charge in [0.2, 0.25) is 0 Å². The summed E-state index contributed by atoms with van der Waals surface area (Å²) in [6, 6.07) is 16.6. The Balaban J connectivity index is 1.55. The van der Waals surface area contributed by atoms with E-state index >= 15 is 0 Å². The van der Waals surface area contributed by atoms with Crippen molar-refractivity contribution in [2.45, 2.75) is 32.7 Å². The van der Waals surface area contributed by atoms with Crippen molar-refractivity contribution < 1.29 is 4.79 Å². The lowest BCUT2D eigenvalue weighted by Crippen LogP contribution is -2.48. The van der Waals surface area contributed by atoms with E-state index in [2.05, 4.69) is 34.1 Å². The Kier molecular flexibility index (Phi) is 6.93. The van der Waals surface area contributed by atoms with Crippen molar-refractivity contribution in [2.24, 2.45) is 5.92 Å². The number of benzene rings is 2. The van der Waals surface area contributed by atoms with E-state index in [1.165, 1.54) is 30.5 Å². The molecule has 5 nitrogen and oxygen atoms in total. The standard InChI is InChI=1S/C26H36N4O/c1-3-29(4-2)26(31)22-12-10-21(11-13-22)25(23-6-5-7-24(27)18-23)30-16-14-28(15-17-30)19-20-8-9-20/h5-7,10-13,18,20,25H,3-4,8-9,14-17,19,27H2,1-2H3/t25-/m1/s1. The van der Waals surface area contributed by atoms with E-state index in [9.17, 15) is 4.79 Å². The third-order valence-corrected chi connectivity index (χ3v) is 6.74. The SMILES string of the molecule is CCN(CC)C(=O)c1ccc([C@H](c2cccc(N)c2)N2CCN(CC3CC3)CC2)cc1. The third-order valence-electron chi connectivity index (χ3n) is 6.74. The molecule has 0 aromatic heterocycles. The molecule has 1 aliphatic carbocycles. The van der Waals surface area contributed by atoms with E-state index in [4.69, 9.17) is 5.73 Å². The Hall–Kier alpha value is -2.37. The van der Waals surface area contributed by atoms with Gasteiger partial charge in [-0.1, -0.05) is 24.3 Å². The van der Waals surface area contributed by atoms with E-state index in [0.29, 0.717) is 0 Å². The van der Waals surface area contributed by atoms with Gasteiger partial charge in [-0.15, -0.1) is 0 Å². The van der Waals surface area contributed by atoms with Crippen LogP contribution in [-0.4, -0.2) is 66.4 Å². The molecule has 1 aliphatic heterocycles. The number of nitrogen functional groups attached to an aromatic ring is 1. The number of hydrogen-bond donors (Lipinski definition) is 1. The first-order valence-electron chi connectivity index (χ1n) is 11.8. The summed E-state index contributed by atoms with van der Waals surface area (Å²) < 4.78 is 0. The van der Waals surface area contributed by atoms with Crippen LogP contribution in [0, 0.1) is 5.92 Å². The fourth-order valence-corrected chi connectivity index (χ4v) is 4.71. The van der Waals surface area contributed by atoms with Gasteiger partial charge in [-0.25, -0.2) is 0 Å². The molecule has 166 valence electrons. The maximum absolute atomic E-state index is 12.7. The van der Waals surface area contributed by atoms with Gasteiger partial charge in [-0.2, -0.15) is 0 Å². The fourth-order valence-electron chi connectivity index (χ4n) is 4.71. The second kappa shape index (κ2) is 9.84. The highest BCUT2D eigenvalue weighted by Gasteiger charge is 2.30. The summed E-state index contributed by atoms with van der Waals surface area (Å²) in [5.41, 5.74) is 10.1. The monoisotopic (exact) mass is 420 g/mol. The summed E-state index contributed by atoms with van der Waals surface area (Å²) in [4.78, 5) is 19.8. The first-order valence-corrected chi connectivity index (χ1v) is 11.8. The van der Waals surface area contributed by atoms with Gasteiger partial charge in [0.05, 0.1) is 6.04 Å². The Bertz CT molecular complexity index is 865. The highest BCUT2D eigenvalue weighted by atomic mass is 16.2. The Morgan fingerprint density at radius 1 is 1.00 bits per heavy atom. The first-order chi connectivity index (χ1) is 15.1. The van der Waals surface area contributed by atoms with E-state index in [-0.39, 0.29) is 11.9 Å². The van der Waals surface area contributed by atoms with Crippen LogP contribution in [0.25, 0.3) is 0 Å². The molecule has 2 N–H and O–H groups in total. The molecular weight excluding hydrogens is 384 g/mol. The maximum atomic E-state index is 12.7. The summed E-state index contributed by atoms with van der Waals surface area (Å²) in [5.74, 6) is 1.04. The summed E-state index contributed by atoms with van der Waals surface area (Å²) in [7, 11) is 0. The van der Waals surface area contributed by atoms with E-state index in [1.54, 1.807) is 0 Å². The molecule has 0 radical (unpaired) electrons. The summed E-state index contributed by atoms with van der Waals surface area (Å²) in [6.07, 6.45) is 2.81. The predicted molar refractivity (Wildman–Crippen MR) is 127 cm³/mol. The minimum absolute atomic E-state index is 0.103. The van der Waals surface area contributed by atoms with Crippen LogP contribution >= 0.6 is 0 Å². The number of nitrogens with zero attached hydrogens (tertiary/aromatic N) is 3. The molecule has 31 heavy (non-hydrogen) atoms. The van der Waals surface area contributed by atoms with Gasteiger partial charge in [0.1, 0.15) is 0 Å². The van der Waals surface area contributed by atoms with E-state index < -0.39 is 0 Å². The highest BCUT2D eigenvalue weighted by Crippen LogP contribution is 2.33. The number of carbonyl (C=O) groups excluding carboxylic acids is 1. The average Bonchev–Trinajstić information content (AvgIpc) is 3.60. The Morgan fingerprint density at radius 2 is 1.68 bits per heavy atom. The highest BCUT2D eigenvalue weighted by molar-refractivity contribution is 5.94. The molecule has 2 aliphatic rings. The molecule has 0 unspecified atom stereocenters. The van der Waals surface area contributed by atoms with Gasteiger partial charge >= 0.3 is 0 Å². The smallest absolute Gasteiger partial charge is 0.253 e. The molecule has 2 fully saturated rings. The summed E-state index contributed by atoms with van der Waals surface area (Å²) in [5, 5.41) is 0. The maximum Gasteiger partial charge on any atom is 0.253 e. The van der Waals surface area contributed by atoms with E-state index in [1.807, 2.05) is 43.0 Å². The molecule has 0 spiro atoms. The molecule has 5 heteroatoms. The molecule has 2 aromatic carbocycles. The Labute approximate surface area is 186 Å². The van der Waals surface area contributed by atoms with Crippen molar-refractivity contribution >= 4 is 11.6 Å². The van der Waals surface area contributed by atoms with Gasteiger partial charge in [0.25, 0.3) is 5.91 Å². The quantitative estimate of drug-likeness (QED) is 0.659. The zero-order valence-electron chi connectivity index (χ0n) is 19.0. The Morgan fingerprint density at radius 3 is 2.26 bits per heavy atom.